The number of ether oxygens (including phenoxy) is 1. The number of rotatable bonds is 12. The average molecular weight is 579 g/mol. The van der Waals surface area contributed by atoms with Gasteiger partial charge in [0.1, 0.15) is 5.01 Å². The van der Waals surface area contributed by atoms with Crippen molar-refractivity contribution in [2.45, 2.75) is 100 Å². The second-order valence-corrected chi connectivity index (χ2v) is 11.2. The van der Waals surface area contributed by atoms with E-state index in [0.717, 1.165) is 50.2 Å². The van der Waals surface area contributed by atoms with Crippen molar-refractivity contribution in [3.05, 3.63) is 68.6 Å². The third kappa shape index (κ3) is 11.8. The molecule has 224 valence electrons. The van der Waals surface area contributed by atoms with E-state index in [1.807, 2.05) is 32.2 Å². The van der Waals surface area contributed by atoms with Gasteiger partial charge in [0.2, 0.25) is 0 Å². The van der Waals surface area contributed by atoms with Gasteiger partial charge in [-0.3, -0.25) is 9.59 Å². The molecule has 0 radical (unpaired) electrons. The second-order valence-electron chi connectivity index (χ2n) is 10.3. The molecule has 1 aliphatic carbocycles. The number of nitrogens with one attached hydrogen (secondary N) is 1. The maximum atomic E-state index is 12.2. The van der Waals surface area contributed by atoms with Gasteiger partial charge >= 0.3 is 0 Å². The summed E-state index contributed by atoms with van der Waals surface area (Å²) in [5.41, 5.74) is 5.66. The van der Waals surface area contributed by atoms with Crippen molar-refractivity contribution in [1.29, 1.82) is 0 Å². The third-order valence-corrected chi connectivity index (χ3v) is 7.86. The molecule has 0 aromatic carbocycles. The van der Waals surface area contributed by atoms with Crippen LogP contribution in [0.4, 0.5) is 0 Å². The van der Waals surface area contributed by atoms with Crippen LogP contribution in [0.15, 0.2) is 51.8 Å². The highest BCUT2D eigenvalue weighted by atomic mass is 32.1. The molecule has 5 nitrogen and oxygen atoms in total. The fourth-order valence-electron chi connectivity index (χ4n) is 4.16. The van der Waals surface area contributed by atoms with Crippen molar-refractivity contribution in [2.24, 2.45) is 5.41 Å². The van der Waals surface area contributed by atoms with Crippen molar-refractivity contribution in [3.63, 3.8) is 0 Å². The molecule has 3 rings (SSSR count). The van der Waals surface area contributed by atoms with Crippen molar-refractivity contribution in [1.82, 2.24) is 9.97 Å². The largest absolute Gasteiger partial charge is 0.381 e. The summed E-state index contributed by atoms with van der Waals surface area (Å²) in [6.07, 6.45) is 20.6. The van der Waals surface area contributed by atoms with Gasteiger partial charge < -0.3 is 9.72 Å². The number of allylic oxidation sites excluding steroid dienone is 6. The zero-order valence-electron chi connectivity index (χ0n) is 26.5. The number of carbonyl (C=O) groups is 1. The number of pyridine rings is 1. The van der Waals surface area contributed by atoms with Crippen LogP contribution in [0.1, 0.15) is 116 Å². The van der Waals surface area contributed by atoms with Gasteiger partial charge in [-0.2, -0.15) is 0 Å². The summed E-state index contributed by atoms with van der Waals surface area (Å²) < 4.78 is 5.50. The highest BCUT2D eigenvalue weighted by Gasteiger charge is 2.40. The average Bonchev–Trinajstić information content (AvgIpc) is 3.60. The summed E-state index contributed by atoms with van der Waals surface area (Å²) in [7, 11) is 0. The van der Waals surface area contributed by atoms with Crippen LogP contribution in [-0.4, -0.2) is 29.0 Å². The topological polar surface area (TPSA) is 72.1 Å². The SMILES string of the molecule is C#CCC.CCCOCC1(CC)CC1.C\C=C/C(=C(\C)CCC)C(=C\C)/c1csc(-c2cc(C(C)=O)c[nH]c2=O)n1. The molecule has 0 saturated heterocycles. The van der Waals surface area contributed by atoms with E-state index < -0.39 is 0 Å². The summed E-state index contributed by atoms with van der Waals surface area (Å²) in [4.78, 5) is 31.2. The smallest absolute Gasteiger partial charge is 0.258 e. The maximum Gasteiger partial charge on any atom is 0.258 e. The van der Waals surface area contributed by atoms with Crippen LogP contribution in [0, 0.1) is 17.8 Å². The van der Waals surface area contributed by atoms with Crippen LogP contribution in [0.2, 0.25) is 0 Å². The minimum Gasteiger partial charge on any atom is -0.381 e. The molecule has 1 fully saturated rings. The molecule has 6 heteroatoms. The summed E-state index contributed by atoms with van der Waals surface area (Å²) in [6, 6.07) is 1.62. The Labute approximate surface area is 252 Å². The Morgan fingerprint density at radius 1 is 1.20 bits per heavy atom. The van der Waals surface area contributed by atoms with Gasteiger partial charge in [0, 0.05) is 35.7 Å². The number of aromatic amines is 1. The lowest BCUT2D eigenvalue weighted by Gasteiger charge is -2.11. The van der Waals surface area contributed by atoms with Gasteiger partial charge in [0.05, 0.1) is 17.9 Å². The normalized spacial score (nSPS) is 14.3. The van der Waals surface area contributed by atoms with Gasteiger partial charge in [-0.05, 0) is 76.9 Å². The second kappa shape index (κ2) is 19.2. The monoisotopic (exact) mass is 578 g/mol. The van der Waals surface area contributed by atoms with Gasteiger partial charge in [0.15, 0.2) is 5.78 Å². The van der Waals surface area contributed by atoms with Crippen molar-refractivity contribution in [2.75, 3.05) is 13.2 Å². The van der Waals surface area contributed by atoms with E-state index >= 15 is 0 Å². The Morgan fingerprint density at radius 3 is 2.37 bits per heavy atom. The number of H-pyrrole nitrogens is 1. The van der Waals surface area contributed by atoms with E-state index in [2.05, 4.69) is 50.8 Å². The predicted octanol–water partition coefficient (Wildman–Crippen LogP) is 9.43. The zero-order chi connectivity index (χ0) is 30.8. The number of nitrogens with zero attached hydrogens (tertiary/aromatic N) is 1. The molecule has 1 saturated carbocycles. The standard InChI is InChI=1S/C22H26N2O2S.C9H18O.C4H6/c1-6-9-14(4)18(10-7-2)17(8-3)20-13-27-22(24-20)19-11-16(15(5)25)12-23-21(19)26;1-3-7-10-8-9(4-2)5-6-9;1-3-4-2/h7-8,10-13H,6,9H2,1-5H3,(H,23,26);3-8H2,1-2H3;1H,4H2,2H3/b10-7-,17-8+,18-14-;;. The number of thiazole rings is 1. The Morgan fingerprint density at radius 2 is 1.88 bits per heavy atom. The van der Waals surface area contributed by atoms with E-state index in [1.165, 1.54) is 54.9 Å². The van der Waals surface area contributed by atoms with Gasteiger partial charge in [-0.25, -0.2) is 4.98 Å². The number of terminal acetylenes is 1. The van der Waals surface area contributed by atoms with E-state index in [-0.39, 0.29) is 11.3 Å². The molecule has 0 bridgehead atoms. The number of hydrogen-bond donors (Lipinski definition) is 1. The molecule has 0 atom stereocenters. The van der Waals surface area contributed by atoms with E-state index in [9.17, 15) is 9.59 Å². The van der Waals surface area contributed by atoms with Crippen LogP contribution in [-0.2, 0) is 4.74 Å². The first-order valence-electron chi connectivity index (χ1n) is 14.9. The molecule has 2 aromatic rings. The Hall–Kier alpha value is -3.01. The molecular formula is C35H50N2O3S. The lowest BCUT2D eigenvalue weighted by atomic mass is 9.95. The van der Waals surface area contributed by atoms with Crippen molar-refractivity contribution < 1.29 is 9.53 Å². The van der Waals surface area contributed by atoms with E-state index in [1.54, 1.807) is 6.07 Å². The molecule has 1 aliphatic rings. The van der Waals surface area contributed by atoms with Crippen molar-refractivity contribution in [3.8, 4) is 22.9 Å². The molecule has 0 amide bonds. The van der Waals surface area contributed by atoms with E-state index in [0.29, 0.717) is 21.5 Å². The summed E-state index contributed by atoms with van der Waals surface area (Å²) in [5.74, 6) is 2.34. The first kappa shape index (κ1) is 36.0. The number of Topliss-reactive ketones (excluding diaryl/α,β-unsaturated/α-hetero) is 1. The molecular weight excluding hydrogens is 528 g/mol. The Kier molecular flexibility index (Phi) is 16.8. The van der Waals surface area contributed by atoms with Gasteiger partial charge in [-0.15, -0.1) is 23.7 Å². The molecule has 1 N–H and O–H groups in total. The van der Waals surface area contributed by atoms with E-state index in [4.69, 9.17) is 16.1 Å². The lowest BCUT2D eigenvalue weighted by molar-refractivity contribution is 0.0891. The Balaban J connectivity index is 0.000000493. The number of ketones is 1. The molecule has 0 unspecified atom stereocenters. The fraction of sp³-hybridized carbons (Fsp3) is 0.514. The van der Waals surface area contributed by atoms with Crippen molar-refractivity contribution >= 4 is 22.7 Å². The third-order valence-electron chi connectivity index (χ3n) is 6.99. The number of hydrogen-bond acceptors (Lipinski definition) is 5. The van der Waals surface area contributed by atoms with Crippen LogP contribution in [0.25, 0.3) is 16.1 Å². The minimum absolute atomic E-state index is 0.0908. The Bertz CT molecular complexity index is 1280. The van der Waals surface area contributed by atoms with Crippen LogP contribution >= 0.6 is 11.3 Å². The number of aromatic nitrogens is 2. The first-order chi connectivity index (χ1) is 19.7. The van der Waals surface area contributed by atoms with Crippen LogP contribution in [0.5, 0.6) is 0 Å². The molecule has 2 heterocycles. The molecule has 0 aliphatic heterocycles. The fourth-order valence-corrected chi connectivity index (χ4v) is 4.99. The highest BCUT2D eigenvalue weighted by Crippen LogP contribution is 2.48. The maximum absolute atomic E-state index is 12.2. The van der Waals surface area contributed by atoms with Crippen LogP contribution in [0.3, 0.4) is 0 Å². The highest BCUT2D eigenvalue weighted by molar-refractivity contribution is 7.13. The molecule has 0 spiro atoms. The quantitative estimate of drug-likeness (QED) is 0.118. The zero-order valence-corrected chi connectivity index (χ0v) is 27.3. The predicted molar refractivity (Wildman–Crippen MR) is 176 cm³/mol. The van der Waals surface area contributed by atoms with Crippen LogP contribution < -0.4 is 5.56 Å². The van der Waals surface area contributed by atoms with Gasteiger partial charge in [-0.1, -0.05) is 57.9 Å². The lowest BCUT2D eigenvalue weighted by Crippen LogP contribution is -2.10. The number of carbonyl (C=O) groups excluding carboxylic acids is 1. The summed E-state index contributed by atoms with van der Waals surface area (Å²) in [5, 5.41) is 2.58. The summed E-state index contributed by atoms with van der Waals surface area (Å²) in [6.45, 7) is 18.1. The molecule has 2 aromatic heterocycles. The molecule has 41 heavy (non-hydrogen) atoms. The minimum atomic E-state index is -0.241. The summed E-state index contributed by atoms with van der Waals surface area (Å²) >= 11 is 1.41. The van der Waals surface area contributed by atoms with Gasteiger partial charge in [0.25, 0.3) is 5.56 Å². The first-order valence-corrected chi connectivity index (χ1v) is 15.7.